The highest BCUT2D eigenvalue weighted by Gasteiger charge is 2.47. The lowest BCUT2D eigenvalue weighted by atomic mass is 9.62. The second-order valence-corrected chi connectivity index (χ2v) is 6.87. The Hall–Kier alpha value is -1.26. The molecule has 3 N–H and O–H groups in total. The summed E-state index contributed by atoms with van der Waals surface area (Å²) in [6.45, 7) is 0.0388. The summed E-state index contributed by atoms with van der Waals surface area (Å²) in [5.74, 6) is 0.594. The molecule has 0 unspecified atom stereocenters. The molecule has 3 aliphatic rings. The first-order valence-corrected chi connectivity index (χ1v) is 7.85. The van der Waals surface area contributed by atoms with Crippen LogP contribution in [0.25, 0.3) is 0 Å². The fourth-order valence-corrected chi connectivity index (χ4v) is 3.54. The van der Waals surface area contributed by atoms with Gasteiger partial charge in [-0.25, -0.2) is 0 Å². The Balaban J connectivity index is 1.51. The Bertz CT molecular complexity index is 505. The molecule has 0 aromatic heterocycles. The second kappa shape index (κ2) is 5.50. The molecule has 3 saturated carbocycles. The molecule has 1 aromatic carbocycles. The van der Waals surface area contributed by atoms with Crippen molar-refractivity contribution in [3.05, 3.63) is 29.3 Å². The van der Waals surface area contributed by atoms with Gasteiger partial charge in [-0.2, -0.15) is 0 Å². The van der Waals surface area contributed by atoms with Crippen LogP contribution in [0.5, 0.6) is 5.75 Å². The molecule has 21 heavy (non-hydrogen) atoms. The predicted octanol–water partition coefficient (Wildman–Crippen LogP) is 2.64. The highest BCUT2D eigenvalue weighted by atomic mass is 35.5. The van der Waals surface area contributed by atoms with Crippen LogP contribution in [0, 0.1) is 0 Å². The summed E-state index contributed by atoms with van der Waals surface area (Å²) in [6, 6.07) is 7.02. The molecule has 3 aliphatic carbocycles. The second-order valence-electron chi connectivity index (χ2n) is 6.43. The monoisotopic (exact) mass is 308 g/mol. The minimum Gasteiger partial charge on any atom is -0.484 e. The zero-order valence-electron chi connectivity index (χ0n) is 12.0. The number of amides is 1. The van der Waals surface area contributed by atoms with Crippen molar-refractivity contribution in [2.45, 2.75) is 49.6 Å². The van der Waals surface area contributed by atoms with Gasteiger partial charge in [-0.15, -0.1) is 0 Å². The molecule has 4 rings (SSSR count). The van der Waals surface area contributed by atoms with Crippen LogP contribution >= 0.6 is 11.6 Å². The average Bonchev–Trinajstić information content (AvgIpc) is 2.48. The molecule has 0 radical (unpaired) electrons. The first kappa shape index (κ1) is 14.7. The van der Waals surface area contributed by atoms with Gasteiger partial charge in [0.1, 0.15) is 5.75 Å². The SMILES string of the molecule is NC12CCC(NC(=O)COc3ccc(Cl)cc3)(CC1)CC2. The maximum atomic E-state index is 12.1. The average molecular weight is 309 g/mol. The van der Waals surface area contributed by atoms with Gasteiger partial charge in [-0.1, -0.05) is 11.6 Å². The summed E-state index contributed by atoms with van der Waals surface area (Å²) in [5.41, 5.74) is 6.25. The Labute approximate surface area is 130 Å². The fourth-order valence-electron chi connectivity index (χ4n) is 3.41. The summed E-state index contributed by atoms with van der Waals surface area (Å²) >= 11 is 5.81. The van der Waals surface area contributed by atoms with E-state index in [4.69, 9.17) is 22.1 Å². The molecule has 1 amide bonds. The zero-order valence-corrected chi connectivity index (χ0v) is 12.8. The van der Waals surface area contributed by atoms with E-state index < -0.39 is 0 Å². The van der Waals surface area contributed by atoms with E-state index in [-0.39, 0.29) is 23.6 Å². The molecule has 4 nitrogen and oxygen atoms in total. The van der Waals surface area contributed by atoms with Crippen molar-refractivity contribution in [1.29, 1.82) is 0 Å². The standard InChI is InChI=1S/C16H21ClN2O2/c17-12-1-3-13(4-2-12)21-11-14(20)19-16-8-5-15(18,6-9-16)7-10-16/h1-4H,5-11,18H2,(H,19,20). The number of halogens is 1. The van der Waals surface area contributed by atoms with E-state index >= 15 is 0 Å². The van der Waals surface area contributed by atoms with Gasteiger partial charge in [0, 0.05) is 16.1 Å². The van der Waals surface area contributed by atoms with Gasteiger partial charge in [0.05, 0.1) is 0 Å². The van der Waals surface area contributed by atoms with Crippen molar-refractivity contribution in [3.63, 3.8) is 0 Å². The van der Waals surface area contributed by atoms with Crippen LogP contribution in [0.2, 0.25) is 5.02 Å². The van der Waals surface area contributed by atoms with Gasteiger partial charge in [-0.05, 0) is 62.8 Å². The smallest absolute Gasteiger partial charge is 0.258 e. The van der Waals surface area contributed by atoms with Crippen LogP contribution in [0.4, 0.5) is 0 Å². The number of ether oxygens (including phenoxy) is 1. The summed E-state index contributed by atoms with van der Waals surface area (Å²) in [7, 11) is 0. The third-order valence-corrected chi connectivity index (χ3v) is 5.14. The summed E-state index contributed by atoms with van der Waals surface area (Å²) in [4.78, 5) is 12.1. The van der Waals surface area contributed by atoms with E-state index in [0.29, 0.717) is 10.8 Å². The van der Waals surface area contributed by atoms with Crippen molar-refractivity contribution in [3.8, 4) is 5.75 Å². The molecular weight excluding hydrogens is 288 g/mol. The predicted molar refractivity (Wildman–Crippen MR) is 82.4 cm³/mol. The molecule has 5 heteroatoms. The van der Waals surface area contributed by atoms with Crippen LogP contribution < -0.4 is 15.8 Å². The van der Waals surface area contributed by atoms with Crippen molar-refractivity contribution < 1.29 is 9.53 Å². The van der Waals surface area contributed by atoms with Gasteiger partial charge < -0.3 is 15.8 Å². The lowest BCUT2D eigenvalue weighted by Crippen LogP contribution is -2.62. The summed E-state index contributed by atoms with van der Waals surface area (Å²) in [6.07, 6.45) is 5.96. The van der Waals surface area contributed by atoms with E-state index in [1.54, 1.807) is 24.3 Å². The third kappa shape index (κ3) is 3.33. The topological polar surface area (TPSA) is 64.3 Å². The molecule has 2 bridgehead atoms. The molecule has 3 fully saturated rings. The molecular formula is C16H21ClN2O2. The minimum absolute atomic E-state index is 0.0201. The first-order valence-electron chi connectivity index (χ1n) is 7.47. The summed E-state index contributed by atoms with van der Waals surface area (Å²) < 4.78 is 5.49. The van der Waals surface area contributed by atoms with Crippen molar-refractivity contribution in [2.75, 3.05) is 6.61 Å². The van der Waals surface area contributed by atoms with Crippen LogP contribution in [0.3, 0.4) is 0 Å². The number of hydrogen-bond donors (Lipinski definition) is 2. The van der Waals surface area contributed by atoms with Gasteiger partial charge in [0.25, 0.3) is 5.91 Å². The molecule has 0 heterocycles. The van der Waals surface area contributed by atoms with Crippen molar-refractivity contribution in [1.82, 2.24) is 5.32 Å². The fraction of sp³-hybridized carbons (Fsp3) is 0.562. The van der Waals surface area contributed by atoms with Crippen molar-refractivity contribution >= 4 is 17.5 Å². The molecule has 0 saturated heterocycles. The highest BCUT2D eigenvalue weighted by molar-refractivity contribution is 6.30. The van der Waals surface area contributed by atoms with Crippen LogP contribution in [-0.2, 0) is 4.79 Å². The van der Waals surface area contributed by atoms with E-state index in [9.17, 15) is 4.79 Å². The minimum atomic E-state index is -0.0589. The Morgan fingerprint density at radius 3 is 2.29 bits per heavy atom. The third-order valence-electron chi connectivity index (χ3n) is 4.89. The molecule has 0 atom stereocenters. The Morgan fingerprint density at radius 1 is 1.14 bits per heavy atom. The van der Waals surface area contributed by atoms with E-state index in [1.165, 1.54) is 0 Å². The number of benzene rings is 1. The lowest BCUT2D eigenvalue weighted by Gasteiger charge is -2.52. The quantitative estimate of drug-likeness (QED) is 0.898. The number of carbonyl (C=O) groups is 1. The number of rotatable bonds is 4. The number of hydrogen-bond acceptors (Lipinski definition) is 3. The number of fused-ring (bicyclic) bond motifs is 3. The van der Waals surface area contributed by atoms with Gasteiger partial charge in [0.15, 0.2) is 6.61 Å². The highest BCUT2D eigenvalue weighted by Crippen LogP contribution is 2.45. The Morgan fingerprint density at radius 2 is 1.71 bits per heavy atom. The molecule has 0 aliphatic heterocycles. The number of nitrogens with two attached hydrogens (primary N) is 1. The normalized spacial score (nSPS) is 31.0. The van der Waals surface area contributed by atoms with Gasteiger partial charge in [-0.3, -0.25) is 4.79 Å². The molecule has 1 aromatic rings. The summed E-state index contributed by atoms with van der Waals surface area (Å²) in [5, 5.41) is 3.83. The van der Waals surface area contributed by atoms with E-state index in [2.05, 4.69) is 5.32 Å². The Kier molecular flexibility index (Phi) is 3.84. The van der Waals surface area contributed by atoms with Gasteiger partial charge in [0.2, 0.25) is 0 Å². The molecule has 0 spiro atoms. The van der Waals surface area contributed by atoms with Crippen LogP contribution in [0.1, 0.15) is 38.5 Å². The maximum absolute atomic E-state index is 12.1. The first-order chi connectivity index (χ1) is 9.99. The van der Waals surface area contributed by atoms with Crippen LogP contribution in [0.15, 0.2) is 24.3 Å². The zero-order chi connectivity index (χ0) is 14.9. The van der Waals surface area contributed by atoms with Gasteiger partial charge >= 0.3 is 0 Å². The number of carbonyl (C=O) groups excluding carboxylic acids is 1. The van der Waals surface area contributed by atoms with E-state index in [0.717, 1.165) is 38.5 Å². The van der Waals surface area contributed by atoms with Crippen LogP contribution in [-0.4, -0.2) is 23.6 Å². The lowest BCUT2D eigenvalue weighted by molar-refractivity contribution is -0.126. The largest absolute Gasteiger partial charge is 0.484 e. The number of nitrogens with one attached hydrogen (secondary N) is 1. The van der Waals surface area contributed by atoms with Crippen molar-refractivity contribution in [2.24, 2.45) is 5.73 Å². The maximum Gasteiger partial charge on any atom is 0.258 e. The molecule has 114 valence electrons. The van der Waals surface area contributed by atoms with E-state index in [1.807, 2.05) is 0 Å².